The summed E-state index contributed by atoms with van der Waals surface area (Å²) in [5.41, 5.74) is 1.63. The van der Waals surface area contributed by atoms with Crippen molar-refractivity contribution >= 4 is 11.0 Å². The standard InChI is InChI=1S/C12H13F3N2O/c1-2-11-16-9-5-3-4-6-10(9)17(11)7-8-18-12(13,14)15/h3-6H,2,7-8H2,1H3. The Morgan fingerprint density at radius 2 is 2.00 bits per heavy atom. The van der Waals surface area contributed by atoms with Crippen molar-refractivity contribution in [1.82, 2.24) is 9.55 Å². The Labute approximate surface area is 102 Å². The van der Waals surface area contributed by atoms with Crippen LogP contribution in [0.5, 0.6) is 0 Å². The number of imidazole rings is 1. The van der Waals surface area contributed by atoms with E-state index >= 15 is 0 Å². The minimum Gasteiger partial charge on any atom is -0.326 e. The molecule has 0 unspecified atom stereocenters. The first-order chi connectivity index (χ1) is 8.51. The van der Waals surface area contributed by atoms with Gasteiger partial charge in [-0.1, -0.05) is 19.1 Å². The zero-order chi connectivity index (χ0) is 13.2. The Morgan fingerprint density at radius 1 is 1.28 bits per heavy atom. The third-order valence-corrected chi connectivity index (χ3v) is 2.63. The Hall–Kier alpha value is -1.56. The molecule has 2 aromatic rings. The molecule has 0 saturated heterocycles. The smallest absolute Gasteiger partial charge is 0.326 e. The van der Waals surface area contributed by atoms with Crippen LogP contribution in [0.1, 0.15) is 12.7 Å². The fourth-order valence-corrected chi connectivity index (χ4v) is 1.90. The van der Waals surface area contributed by atoms with Crippen LogP contribution in [0.2, 0.25) is 0 Å². The first-order valence-corrected chi connectivity index (χ1v) is 5.66. The number of fused-ring (bicyclic) bond motifs is 1. The number of hydrogen-bond acceptors (Lipinski definition) is 2. The largest absolute Gasteiger partial charge is 0.522 e. The zero-order valence-electron chi connectivity index (χ0n) is 9.87. The molecule has 6 heteroatoms. The summed E-state index contributed by atoms with van der Waals surface area (Å²) in [5, 5.41) is 0. The van der Waals surface area contributed by atoms with Gasteiger partial charge in [0, 0.05) is 13.0 Å². The van der Waals surface area contributed by atoms with Gasteiger partial charge in [-0.2, -0.15) is 0 Å². The first-order valence-electron chi connectivity index (χ1n) is 5.66. The molecule has 3 nitrogen and oxygen atoms in total. The normalized spacial score (nSPS) is 12.2. The molecule has 1 aromatic carbocycles. The van der Waals surface area contributed by atoms with Gasteiger partial charge in [0.15, 0.2) is 0 Å². The van der Waals surface area contributed by atoms with E-state index in [1.54, 1.807) is 4.57 Å². The molecule has 0 aliphatic rings. The van der Waals surface area contributed by atoms with Gasteiger partial charge in [-0.15, -0.1) is 13.2 Å². The van der Waals surface area contributed by atoms with Crippen molar-refractivity contribution in [3.63, 3.8) is 0 Å². The molecule has 0 fully saturated rings. The molecule has 2 rings (SSSR count). The second-order valence-corrected chi connectivity index (χ2v) is 3.82. The average molecular weight is 258 g/mol. The Balaban J connectivity index is 2.20. The van der Waals surface area contributed by atoms with Crippen LogP contribution in [0.25, 0.3) is 11.0 Å². The highest BCUT2D eigenvalue weighted by Crippen LogP contribution is 2.19. The number of alkyl halides is 3. The molecule has 1 aromatic heterocycles. The van der Waals surface area contributed by atoms with Gasteiger partial charge in [0.05, 0.1) is 17.6 Å². The van der Waals surface area contributed by atoms with Gasteiger partial charge in [-0.3, -0.25) is 4.74 Å². The monoisotopic (exact) mass is 258 g/mol. The molecule has 0 aliphatic carbocycles. The lowest BCUT2D eigenvalue weighted by Crippen LogP contribution is -2.18. The molecule has 0 aliphatic heterocycles. The SMILES string of the molecule is CCc1nc2ccccc2n1CCOC(F)(F)F. The molecule has 0 N–H and O–H groups in total. The van der Waals surface area contributed by atoms with Gasteiger partial charge >= 0.3 is 6.36 Å². The molecule has 0 amide bonds. The predicted octanol–water partition coefficient (Wildman–Crippen LogP) is 3.14. The zero-order valence-corrected chi connectivity index (χ0v) is 9.87. The number of aromatic nitrogens is 2. The molecule has 0 saturated carbocycles. The maximum absolute atomic E-state index is 11.9. The second kappa shape index (κ2) is 4.97. The van der Waals surface area contributed by atoms with Crippen LogP contribution in [-0.2, 0) is 17.7 Å². The lowest BCUT2D eigenvalue weighted by molar-refractivity contribution is -0.325. The van der Waals surface area contributed by atoms with E-state index < -0.39 is 13.0 Å². The van der Waals surface area contributed by atoms with E-state index in [1.165, 1.54) is 0 Å². The van der Waals surface area contributed by atoms with Crippen molar-refractivity contribution in [1.29, 1.82) is 0 Å². The number of rotatable bonds is 4. The number of nitrogens with zero attached hydrogens (tertiary/aromatic N) is 2. The molecular formula is C12H13F3N2O. The van der Waals surface area contributed by atoms with Gasteiger partial charge in [0.2, 0.25) is 0 Å². The van der Waals surface area contributed by atoms with Crippen molar-refractivity contribution < 1.29 is 17.9 Å². The van der Waals surface area contributed by atoms with Crippen LogP contribution >= 0.6 is 0 Å². The number of para-hydroxylation sites is 2. The highest BCUT2D eigenvalue weighted by atomic mass is 19.4. The Kier molecular flexibility index (Phi) is 3.56. The van der Waals surface area contributed by atoms with Crippen LogP contribution in [0.15, 0.2) is 24.3 Å². The van der Waals surface area contributed by atoms with Gasteiger partial charge in [-0.05, 0) is 12.1 Å². The molecular weight excluding hydrogens is 245 g/mol. The first kappa shape index (κ1) is 12.9. The molecule has 98 valence electrons. The number of ether oxygens (including phenoxy) is 1. The molecule has 0 radical (unpaired) electrons. The Bertz CT molecular complexity index is 534. The van der Waals surface area contributed by atoms with E-state index in [0.29, 0.717) is 6.42 Å². The Morgan fingerprint density at radius 3 is 2.67 bits per heavy atom. The lowest BCUT2D eigenvalue weighted by atomic mass is 10.3. The van der Waals surface area contributed by atoms with E-state index in [2.05, 4.69) is 9.72 Å². The summed E-state index contributed by atoms with van der Waals surface area (Å²) in [6.07, 6.45) is -3.91. The van der Waals surface area contributed by atoms with E-state index in [-0.39, 0.29) is 6.54 Å². The number of benzene rings is 1. The summed E-state index contributed by atoms with van der Waals surface area (Å²) in [7, 11) is 0. The number of hydrogen-bond donors (Lipinski definition) is 0. The average Bonchev–Trinajstić information content (AvgIpc) is 2.66. The van der Waals surface area contributed by atoms with Crippen LogP contribution in [0.3, 0.4) is 0 Å². The highest BCUT2D eigenvalue weighted by Gasteiger charge is 2.28. The van der Waals surface area contributed by atoms with E-state index in [4.69, 9.17) is 0 Å². The summed E-state index contributed by atoms with van der Waals surface area (Å²) < 4.78 is 41.4. The fraction of sp³-hybridized carbons (Fsp3) is 0.417. The summed E-state index contributed by atoms with van der Waals surface area (Å²) in [5.74, 6) is 0.766. The fourth-order valence-electron chi connectivity index (χ4n) is 1.90. The topological polar surface area (TPSA) is 27.1 Å². The second-order valence-electron chi connectivity index (χ2n) is 3.82. The van der Waals surface area contributed by atoms with Crippen molar-refractivity contribution in [3.8, 4) is 0 Å². The van der Waals surface area contributed by atoms with Crippen LogP contribution in [0, 0.1) is 0 Å². The summed E-state index contributed by atoms with van der Waals surface area (Å²) in [6, 6.07) is 7.38. The van der Waals surface area contributed by atoms with E-state index in [1.807, 2.05) is 31.2 Å². The van der Waals surface area contributed by atoms with Gasteiger partial charge in [-0.25, -0.2) is 4.98 Å². The predicted molar refractivity (Wildman–Crippen MR) is 61.1 cm³/mol. The maximum Gasteiger partial charge on any atom is 0.522 e. The molecule has 0 bridgehead atoms. The van der Waals surface area contributed by atoms with Crippen molar-refractivity contribution in [2.24, 2.45) is 0 Å². The van der Waals surface area contributed by atoms with Crippen LogP contribution in [0.4, 0.5) is 13.2 Å². The molecule has 0 spiro atoms. The minimum absolute atomic E-state index is 0.142. The van der Waals surface area contributed by atoms with E-state index in [0.717, 1.165) is 16.9 Å². The third-order valence-electron chi connectivity index (χ3n) is 2.63. The summed E-state index contributed by atoms with van der Waals surface area (Å²) >= 11 is 0. The van der Waals surface area contributed by atoms with Gasteiger partial charge in [0.1, 0.15) is 5.82 Å². The maximum atomic E-state index is 11.9. The minimum atomic E-state index is -4.58. The van der Waals surface area contributed by atoms with Crippen molar-refractivity contribution in [2.75, 3.05) is 6.61 Å². The summed E-state index contributed by atoms with van der Waals surface area (Å²) in [6.45, 7) is 1.66. The summed E-state index contributed by atoms with van der Waals surface area (Å²) in [4.78, 5) is 4.37. The van der Waals surface area contributed by atoms with Gasteiger partial charge in [0.25, 0.3) is 0 Å². The van der Waals surface area contributed by atoms with Gasteiger partial charge < -0.3 is 4.57 Å². The lowest BCUT2D eigenvalue weighted by Gasteiger charge is -2.10. The van der Waals surface area contributed by atoms with Crippen LogP contribution in [-0.4, -0.2) is 22.5 Å². The van der Waals surface area contributed by atoms with Crippen molar-refractivity contribution in [2.45, 2.75) is 26.3 Å². The van der Waals surface area contributed by atoms with E-state index in [9.17, 15) is 13.2 Å². The molecule has 18 heavy (non-hydrogen) atoms. The van der Waals surface area contributed by atoms with Crippen molar-refractivity contribution in [3.05, 3.63) is 30.1 Å². The number of aryl methyl sites for hydroxylation is 1. The molecule has 0 atom stereocenters. The highest BCUT2D eigenvalue weighted by molar-refractivity contribution is 5.75. The quantitative estimate of drug-likeness (QED) is 0.842. The number of halogens is 3. The van der Waals surface area contributed by atoms with Crippen LogP contribution < -0.4 is 0 Å². The molecule has 1 heterocycles. The third kappa shape index (κ3) is 2.81.